The number of aryl methyl sites for hydroxylation is 1. The minimum atomic E-state index is -0.956. The normalized spacial score (nSPS) is 10.9. The van der Waals surface area contributed by atoms with Crippen molar-refractivity contribution in [3.05, 3.63) is 52.5 Å². The molecular formula is C15H11ClN2O2. The summed E-state index contributed by atoms with van der Waals surface area (Å²) in [6.45, 7) is 1.97. The van der Waals surface area contributed by atoms with Gasteiger partial charge in [0.1, 0.15) is 5.82 Å². The van der Waals surface area contributed by atoms with Gasteiger partial charge < -0.3 is 10.1 Å². The van der Waals surface area contributed by atoms with E-state index in [9.17, 15) is 4.79 Å². The van der Waals surface area contributed by atoms with Gasteiger partial charge in [0.15, 0.2) is 0 Å². The number of carboxylic acids is 1. The molecule has 0 saturated carbocycles. The number of aromatic amines is 1. The van der Waals surface area contributed by atoms with E-state index in [-0.39, 0.29) is 5.56 Å². The van der Waals surface area contributed by atoms with E-state index in [1.165, 1.54) is 0 Å². The number of hydrogen-bond donors (Lipinski definition) is 2. The minimum absolute atomic E-state index is 0.232. The van der Waals surface area contributed by atoms with Crippen molar-refractivity contribution in [1.29, 1.82) is 0 Å². The third-order valence-corrected chi connectivity index (χ3v) is 3.42. The Hall–Kier alpha value is -2.33. The number of nitrogens with zero attached hydrogens (tertiary/aromatic N) is 1. The average molecular weight is 287 g/mol. The molecule has 5 heteroatoms. The Morgan fingerprint density at radius 2 is 2.05 bits per heavy atom. The topological polar surface area (TPSA) is 66.0 Å². The molecule has 0 atom stereocenters. The van der Waals surface area contributed by atoms with Crippen molar-refractivity contribution in [3.63, 3.8) is 0 Å². The molecular weight excluding hydrogens is 276 g/mol. The molecule has 3 aromatic rings. The summed E-state index contributed by atoms with van der Waals surface area (Å²) >= 11 is 6.01. The first-order chi connectivity index (χ1) is 9.54. The van der Waals surface area contributed by atoms with Crippen LogP contribution in [-0.2, 0) is 0 Å². The van der Waals surface area contributed by atoms with Crippen LogP contribution in [0.1, 0.15) is 15.9 Å². The van der Waals surface area contributed by atoms with Crippen LogP contribution in [0, 0.1) is 6.92 Å². The second-order valence-corrected chi connectivity index (χ2v) is 5.02. The maximum absolute atomic E-state index is 11.0. The van der Waals surface area contributed by atoms with E-state index in [0.717, 1.165) is 16.6 Å². The lowest BCUT2D eigenvalue weighted by Gasteiger charge is -2.02. The van der Waals surface area contributed by atoms with E-state index >= 15 is 0 Å². The predicted octanol–water partition coefficient (Wildman–Crippen LogP) is 3.89. The monoisotopic (exact) mass is 286 g/mol. The summed E-state index contributed by atoms with van der Waals surface area (Å²) in [5.41, 5.74) is 3.61. The van der Waals surface area contributed by atoms with Gasteiger partial charge in [0.25, 0.3) is 0 Å². The fraction of sp³-hybridized carbons (Fsp3) is 0.0667. The molecule has 0 aliphatic heterocycles. The van der Waals surface area contributed by atoms with Crippen molar-refractivity contribution in [3.8, 4) is 11.4 Å². The standard InChI is InChI=1S/C15H11ClN2O2/c1-8-2-4-10(16)7-11(8)14-17-12-5-3-9(15(19)20)6-13(12)18-14/h2-7H,1H3,(H,17,18)(H,19,20). The number of carbonyl (C=O) groups is 1. The molecule has 0 radical (unpaired) electrons. The molecule has 100 valence electrons. The van der Waals surface area contributed by atoms with E-state index in [1.807, 2.05) is 25.1 Å². The Labute approximate surface area is 120 Å². The Morgan fingerprint density at radius 1 is 1.25 bits per heavy atom. The lowest BCUT2D eigenvalue weighted by Crippen LogP contribution is -1.94. The summed E-state index contributed by atoms with van der Waals surface area (Å²) < 4.78 is 0. The quantitative estimate of drug-likeness (QED) is 0.751. The van der Waals surface area contributed by atoms with E-state index < -0.39 is 5.97 Å². The van der Waals surface area contributed by atoms with Crippen LogP contribution < -0.4 is 0 Å². The summed E-state index contributed by atoms with van der Waals surface area (Å²) in [6.07, 6.45) is 0. The molecule has 4 nitrogen and oxygen atoms in total. The number of carboxylic acid groups (broad SMARTS) is 1. The van der Waals surface area contributed by atoms with Crippen molar-refractivity contribution in [2.45, 2.75) is 6.92 Å². The maximum atomic E-state index is 11.0. The summed E-state index contributed by atoms with van der Waals surface area (Å²) in [7, 11) is 0. The molecule has 0 fully saturated rings. The molecule has 3 rings (SSSR count). The van der Waals surface area contributed by atoms with Crippen LogP contribution >= 0.6 is 11.6 Å². The molecule has 1 heterocycles. The fourth-order valence-corrected chi connectivity index (χ4v) is 2.29. The molecule has 1 aromatic heterocycles. The van der Waals surface area contributed by atoms with Crippen LogP contribution in [0.25, 0.3) is 22.4 Å². The van der Waals surface area contributed by atoms with Crippen molar-refractivity contribution in [2.24, 2.45) is 0 Å². The molecule has 0 aliphatic carbocycles. The number of aromatic nitrogens is 2. The molecule has 2 aromatic carbocycles. The van der Waals surface area contributed by atoms with Crippen LogP contribution in [0.15, 0.2) is 36.4 Å². The van der Waals surface area contributed by atoms with Crippen molar-refractivity contribution >= 4 is 28.6 Å². The Balaban J connectivity index is 2.17. The van der Waals surface area contributed by atoms with Gasteiger partial charge in [0.2, 0.25) is 0 Å². The SMILES string of the molecule is Cc1ccc(Cl)cc1-c1nc2ccc(C(=O)O)cc2[nH]1. The van der Waals surface area contributed by atoms with Crippen LogP contribution in [0.5, 0.6) is 0 Å². The molecule has 0 aliphatic rings. The third-order valence-electron chi connectivity index (χ3n) is 3.18. The highest BCUT2D eigenvalue weighted by molar-refractivity contribution is 6.30. The Kier molecular flexibility index (Phi) is 2.95. The van der Waals surface area contributed by atoms with E-state index in [4.69, 9.17) is 16.7 Å². The van der Waals surface area contributed by atoms with E-state index in [0.29, 0.717) is 16.4 Å². The van der Waals surface area contributed by atoms with Crippen LogP contribution in [0.3, 0.4) is 0 Å². The van der Waals surface area contributed by atoms with Crippen molar-refractivity contribution < 1.29 is 9.90 Å². The molecule has 2 N–H and O–H groups in total. The van der Waals surface area contributed by atoms with Gasteiger partial charge in [0.05, 0.1) is 16.6 Å². The average Bonchev–Trinajstić information content (AvgIpc) is 2.83. The van der Waals surface area contributed by atoms with Gasteiger partial charge in [-0.2, -0.15) is 0 Å². The van der Waals surface area contributed by atoms with Gasteiger partial charge in [-0.3, -0.25) is 0 Å². The number of rotatable bonds is 2. The number of imidazole rings is 1. The number of hydrogen-bond acceptors (Lipinski definition) is 2. The second kappa shape index (κ2) is 4.65. The number of benzene rings is 2. The van der Waals surface area contributed by atoms with Crippen molar-refractivity contribution in [1.82, 2.24) is 9.97 Å². The fourth-order valence-electron chi connectivity index (χ4n) is 2.12. The molecule has 20 heavy (non-hydrogen) atoms. The zero-order chi connectivity index (χ0) is 14.3. The van der Waals surface area contributed by atoms with E-state index in [2.05, 4.69) is 9.97 Å². The Morgan fingerprint density at radius 3 is 2.80 bits per heavy atom. The molecule has 0 bridgehead atoms. The van der Waals surface area contributed by atoms with Gasteiger partial charge in [0, 0.05) is 10.6 Å². The second-order valence-electron chi connectivity index (χ2n) is 4.58. The highest BCUT2D eigenvalue weighted by atomic mass is 35.5. The highest BCUT2D eigenvalue weighted by Crippen LogP contribution is 2.26. The van der Waals surface area contributed by atoms with Gasteiger partial charge in [-0.15, -0.1) is 0 Å². The summed E-state index contributed by atoms with van der Waals surface area (Å²) in [5, 5.41) is 9.63. The lowest BCUT2D eigenvalue weighted by atomic mass is 10.1. The number of halogens is 1. The molecule has 0 unspecified atom stereocenters. The first kappa shape index (κ1) is 12.7. The van der Waals surface area contributed by atoms with Gasteiger partial charge >= 0.3 is 5.97 Å². The van der Waals surface area contributed by atoms with Gasteiger partial charge in [-0.25, -0.2) is 9.78 Å². The first-order valence-corrected chi connectivity index (χ1v) is 6.42. The molecule has 0 saturated heterocycles. The largest absolute Gasteiger partial charge is 0.478 e. The maximum Gasteiger partial charge on any atom is 0.335 e. The number of fused-ring (bicyclic) bond motifs is 1. The summed E-state index contributed by atoms with van der Waals surface area (Å²) in [4.78, 5) is 18.6. The Bertz CT molecular complexity index is 824. The molecule has 0 amide bonds. The first-order valence-electron chi connectivity index (χ1n) is 6.04. The summed E-state index contributed by atoms with van der Waals surface area (Å²) in [5.74, 6) is -0.274. The highest BCUT2D eigenvalue weighted by Gasteiger charge is 2.10. The number of aromatic carboxylic acids is 1. The van der Waals surface area contributed by atoms with Crippen LogP contribution in [-0.4, -0.2) is 21.0 Å². The van der Waals surface area contributed by atoms with Gasteiger partial charge in [-0.05, 0) is 42.8 Å². The zero-order valence-electron chi connectivity index (χ0n) is 10.6. The number of nitrogens with one attached hydrogen (secondary N) is 1. The van der Waals surface area contributed by atoms with E-state index in [1.54, 1.807) is 18.2 Å². The van der Waals surface area contributed by atoms with Crippen molar-refractivity contribution in [2.75, 3.05) is 0 Å². The third kappa shape index (κ3) is 2.14. The zero-order valence-corrected chi connectivity index (χ0v) is 11.4. The lowest BCUT2D eigenvalue weighted by molar-refractivity contribution is 0.0697. The minimum Gasteiger partial charge on any atom is -0.478 e. The van der Waals surface area contributed by atoms with Gasteiger partial charge in [-0.1, -0.05) is 17.7 Å². The van der Waals surface area contributed by atoms with Crippen LogP contribution in [0.2, 0.25) is 5.02 Å². The van der Waals surface area contributed by atoms with Crippen LogP contribution in [0.4, 0.5) is 0 Å². The number of H-pyrrole nitrogens is 1. The molecule has 0 spiro atoms. The summed E-state index contributed by atoms with van der Waals surface area (Å²) in [6, 6.07) is 10.4. The smallest absolute Gasteiger partial charge is 0.335 e. The predicted molar refractivity (Wildman–Crippen MR) is 78.2 cm³/mol.